The molecule has 2 aromatic rings. The van der Waals surface area contributed by atoms with E-state index in [0.717, 1.165) is 37.6 Å². The van der Waals surface area contributed by atoms with Crippen molar-refractivity contribution in [3.63, 3.8) is 0 Å². The van der Waals surface area contributed by atoms with Crippen LogP contribution in [-0.2, 0) is 0 Å². The van der Waals surface area contributed by atoms with E-state index in [-0.39, 0.29) is 5.91 Å². The van der Waals surface area contributed by atoms with Crippen LogP contribution in [0.5, 0.6) is 5.75 Å². The Hall–Kier alpha value is -2.57. The molecule has 0 bridgehead atoms. The Balaban J connectivity index is 1.51. The van der Waals surface area contributed by atoms with Gasteiger partial charge in [0.1, 0.15) is 5.75 Å². The van der Waals surface area contributed by atoms with E-state index in [1.165, 1.54) is 12.1 Å². The van der Waals surface area contributed by atoms with Gasteiger partial charge in [-0.3, -0.25) is 4.79 Å². The number of carbonyl (C=O) groups excluding carboxylic acids is 1. The quantitative estimate of drug-likeness (QED) is 0.607. The second-order valence-electron chi connectivity index (χ2n) is 9.40. The van der Waals surface area contributed by atoms with Crippen LogP contribution >= 0.6 is 0 Å². The molecule has 1 unspecified atom stereocenters. The first kappa shape index (κ1) is 24.1. The highest BCUT2D eigenvalue weighted by atomic mass is 16.5. The normalized spacial score (nSPS) is 16.2. The van der Waals surface area contributed by atoms with Crippen LogP contribution in [0.1, 0.15) is 30.6 Å². The second kappa shape index (κ2) is 11.3. The molecule has 6 nitrogen and oxygen atoms in total. The van der Waals surface area contributed by atoms with Crippen LogP contribution in [0.3, 0.4) is 0 Å². The van der Waals surface area contributed by atoms with E-state index in [0.29, 0.717) is 24.1 Å². The SMILES string of the molecule is CC(C)COc1ccc(C(=O)Nc2ccc(N3CCC(N(C)CCN(C)C)C3)cc2)cc1. The van der Waals surface area contributed by atoms with Crippen molar-refractivity contribution in [3.05, 3.63) is 54.1 Å². The van der Waals surface area contributed by atoms with Crippen molar-refractivity contribution in [2.24, 2.45) is 5.92 Å². The summed E-state index contributed by atoms with van der Waals surface area (Å²) in [5, 5.41) is 2.99. The minimum absolute atomic E-state index is 0.114. The van der Waals surface area contributed by atoms with Crippen molar-refractivity contribution in [2.45, 2.75) is 26.3 Å². The van der Waals surface area contributed by atoms with Crippen LogP contribution in [0.2, 0.25) is 0 Å². The van der Waals surface area contributed by atoms with Crippen LogP contribution in [-0.4, -0.2) is 75.7 Å². The van der Waals surface area contributed by atoms with E-state index in [1.807, 2.05) is 24.3 Å². The summed E-state index contributed by atoms with van der Waals surface area (Å²) in [6.07, 6.45) is 1.18. The van der Waals surface area contributed by atoms with Crippen molar-refractivity contribution in [3.8, 4) is 5.75 Å². The summed E-state index contributed by atoms with van der Waals surface area (Å²) in [5.41, 5.74) is 2.63. The number of carbonyl (C=O) groups is 1. The summed E-state index contributed by atoms with van der Waals surface area (Å²) in [6, 6.07) is 16.0. The van der Waals surface area contributed by atoms with Gasteiger partial charge in [0, 0.05) is 49.2 Å². The van der Waals surface area contributed by atoms with Crippen molar-refractivity contribution in [2.75, 3.05) is 64.1 Å². The molecule has 1 aliphatic heterocycles. The Morgan fingerprint density at radius 1 is 1.06 bits per heavy atom. The molecule has 1 atom stereocenters. The number of benzene rings is 2. The van der Waals surface area contributed by atoms with Gasteiger partial charge in [0.25, 0.3) is 5.91 Å². The molecule has 1 heterocycles. The zero-order valence-electron chi connectivity index (χ0n) is 20.2. The van der Waals surface area contributed by atoms with E-state index < -0.39 is 0 Å². The van der Waals surface area contributed by atoms with Gasteiger partial charge in [0.05, 0.1) is 6.61 Å². The first-order chi connectivity index (χ1) is 15.3. The number of amides is 1. The predicted octanol–water partition coefficient (Wildman–Crippen LogP) is 4.05. The predicted molar refractivity (Wildman–Crippen MR) is 133 cm³/mol. The largest absolute Gasteiger partial charge is 0.493 e. The lowest BCUT2D eigenvalue weighted by Crippen LogP contribution is -2.38. The average Bonchev–Trinajstić information content (AvgIpc) is 3.27. The van der Waals surface area contributed by atoms with Crippen LogP contribution in [0.25, 0.3) is 0 Å². The molecule has 1 fully saturated rings. The molecule has 2 aromatic carbocycles. The Morgan fingerprint density at radius 2 is 1.75 bits per heavy atom. The third-order valence-corrected chi connectivity index (χ3v) is 5.88. The topological polar surface area (TPSA) is 48.1 Å². The fourth-order valence-corrected chi connectivity index (χ4v) is 3.80. The number of likely N-dealkylation sites (N-methyl/N-ethyl adjacent to an activating group) is 2. The van der Waals surface area contributed by atoms with E-state index in [4.69, 9.17) is 4.74 Å². The highest BCUT2D eigenvalue weighted by Crippen LogP contribution is 2.24. The summed E-state index contributed by atoms with van der Waals surface area (Å²) in [5.74, 6) is 1.14. The number of nitrogens with one attached hydrogen (secondary N) is 1. The van der Waals surface area contributed by atoms with Gasteiger partial charge < -0.3 is 24.8 Å². The minimum atomic E-state index is -0.114. The lowest BCUT2D eigenvalue weighted by atomic mass is 10.2. The van der Waals surface area contributed by atoms with Gasteiger partial charge in [-0.25, -0.2) is 0 Å². The zero-order valence-corrected chi connectivity index (χ0v) is 20.2. The van der Waals surface area contributed by atoms with Crippen LogP contribution in [0.4, 0.5) is 11.4 Å². The Morgan fingerprint density at radius 3 is 2.38 bits per heavy atom. The van der Waals surface area contributed by atoms with Crippen LogP contribution in [0, 0.1) is 5.92 Å². The van der Waals surface area contributed by atoms with Gasteiger partial charge in [0.2, 0.25) is 0 Å². The zero-order chi connectivity index (χ0) is 23.1. The average molecular weight is 439 g/mol. The molecule has 0 aliphatic carbocycles. The third kappa shape index (κ3) is 6.97. The summed E-state index contributed by atoms with van der Waals surface area (Å²) >= 11 is 0. The van der Waals surface area contributed by atoms with Gasteiger partial charge in [-0.2, -0.15) is 0 Å². The molecule has 1 saturated heterocycles. The number of rotatable bonds is 10. The number of hydrogen-bond donors (Lipinski definition) is 1. The molecule has 1 aliphatic rings. The van der Waals surface area contributed by atoms with Gasteiger partial charge >= 0.3 is 0 Å². The molecule has 174 valence electrons. The number of ether oxygens (including phenoxy) is 1. The summed E-state index contributed by atoms with van der Waals surface area (Å²) in [7, 11) is 6.46. The number of nitrogens with zero attached hydrogens (tertiary/aromatic N) is 3. The molecule has 1 N–H and O–H groups in total. The van der Waals surface area contributed by atoms with Gasteiger partial charge in [-0.05, 0) is 82.0 Å². The maximum Gasteiger partial charge on any atom is 0.255 e. The minimum Gasteiger partial charge on any atom is -0.493 e. The molecule has 6 heteroatoms. The summed E-state index contributed by atoms with van der Waals surface area (Å²) < 4.78 is 5.69. The smallest absolute Gasteiger partial charge is 0.255 e. The lowest BCUT2D eigenvalue weighted by molar-refractivity contribution is 0.102. The monoisotopic (exact) mass is 438 g/mol. The number of anilines is 2. The van der Waals surface area contributed by atoms with Crippen LogP contribution < -0.4 is 15.0 Å². The van der Waals surface area contributed by atoms with Crippen molar-refractivity contribution < 1.29 is 9.53 Å². The molecule has 32 heavy (non-hydrogen) atoms. The summed E-state index contributed by atoms with van der Waals surface area (Å²) in [4.78, 5) is 19.7. The van der Waals surface area contributed by atoms with E-state index in [2.05, 4.69) is 67.1 Å². The Labute approximate surface area is 193 Å². The maximum atomic E-state index is 12.6. The number of hydrogen-bond acceptors (Lipinski definition) is 5. The highest BCUT2D eigenvalue weighted by molar-refractivity contribution is 6.04. The highest BCUT2D eigenvalue weighted by Gasteiger charge is 2.25. The van der Waals surface area contributed by atoms with Crippen molar-refractivity contribution in [1.82, 2.24) is 9.80 Å². The summed E-state index contributed by atoms with van der Waals surface area (Å²) in [6.45, 7) is 9.16. The van der Waals surface area contributed by atoms with Gasteiger partial charge in [-0.15, -0.1) is 0 Å². The van der Waals surface area contributed by atoms with Gasteiger partial charge in [0.15, 0.2) is 0 Å². The van der Waals surface area contributed by atoms with E-state index in [9.17, 15) is 4.79 Å². The maximum absolute atomic E-state index is 12.6. The molecule has 1 amide bonds. The first-order valence-electron chi connectivity index (χ1n) is 11.6. The molecule has 0 spiro atoms. The van der Waals surface area contributed by atoms with Crippen molar-refractivity contribution >= 4 is 17.3 Å². The van der Waals surface area contributed by atoms with E-state index >= 15 is 0 Å². The second-order valence-corrected chi connectivity index (χ2v) is 9.40. The third-order valence-electron chi connectivity index (χ3n) is 5.88. The molecular formula is C26H38N4O2. The lowest BCUT2D eigenvalue weighted by Gasteiger charge is -2.26. The molecule has 0 saturated carbocycles. The fourth-order valence-electron chi connectivity index (χ4n) is 3.80. The Kier molecular flexibility index (Phi) is 8.53. The van der Waals surface area contributed by atoms with Crippen LogP contribution in [0.15, 0.2) is 48.5 Å². The first-order valence-corrected chi connectivity index (χ1v) is 11.6. The van der Waals surface area contributed by atoms with Gasteiger partial charge in [-0.1, -0.05) is 13.8 Å². The van der Waals surface area contributed by atoms with Crippen molar-refractivity contribution in [1.29, 1.82) is 0 Å². The molecule has 0 radical (unpaired) electrons. The molecule has 0 aromatic heterocycles. The fraction of sp³-hybridized carbons (Fsp3) is 0.500. The molecular weight excluding hydrogens is 400 g/mol. The van der Waals surface area contributed by atoms with E-state index in [1.54, 1.807) is 12.1 Å². The molecule has 3 rings (SSSR count). The standard InChI is InChI=1S/C26H38N4O2/c1-20(2)19-32-25-12-6-21(7-13-25)26(31)27-22-8-10-23(11-9-22)30-15-14-24(18-30)29(5)17-16-28(3)4/h6-13,20,24H,14-19H2,1-5H3,(H,27,31). The Bertz CT molecular complexity index is 849.